The second-order valence-electron chi connectivity index (χ2n) is 6.74. The molecule has 0 aromatic heterocycles. The van der Waals surface area contributed by atoms with E-state index in [0.29, 0.717) is 11.5 Å². The maximum atomic E-state index is 12.3. The van der Waals surface area contributed by atoms with Gasteiger partial charge in [-0.25, -0.2) is 4.79 Å². The maximum absolute atomic E-state index is 12.3. The van der Waals surface area contributed by atoms with E-state index < -0.39 is 11.6 Å². The van der Waals surface area contributed by atoms with Crippen molar-refractivity contribution < 1.29 is 19.1 Å². The summed E-state index contributed by atoms with van der Waals surface area (Å²) in [5.74, 6) is -0.380. The third-order valence-electron chi connectivity index (χ3n) is 4.45. The van der Waals surface area contributed by atoms with E-state index in [1.165, 1.54) is 0 Å². The van der Waals surface area contributed by atoms with E-state index in [4.69, 9.17) is 9.47 Å². The molecular formula is C18H22I3NO4. The smallest absolute Gasteiger partial charge is 0.339 e. The van der Waals surface area contributed by atoms with Gasteiger partial charge in [0.1, 0.15) is 12.2 Å². The van der Waals surface area contributed by atoms with E-state index in [9.17, 15) is 9.59 Å². The largest absolute Gasteiger partial charge is 0.461 e. The number of carbonyl (C=O) groups is 2. The fourth-order valence-electron chi connectivity index (χ4n) is 2.95. The van der Waals surface area contributed by atoms with Gasteiger partial charge in [0.05, 0.1) is 12.0 Å². The zero-order chi connectivity index (χ0) is 19.3. The van der Waals surface area contributed by atoms with Gasteiger partial charge in [-0.1, -0.05) is 0 Å². The molecule has 0 aliphatic carbocycles. The Bertz CT molecular complexity index is 673. The Morgan fingerprint density at radius 1 is 1.19 bits per heavy atom. The molecule has 26 heavy (non-hydrogen) atoms. The minimum absolute atomic E-state index is 0.0259. The standard InChI is InChI=1S/C18H22I3NO4/c1-18(2,11-3-6-22-7-4-11)26-15(23)5-8-25-17(24)13-9-12(19)10-14(20)16(13)21/h9-11,22H,3-8H2,1-2H3. The number of nitrogens with one attached hydrogen (secondary N) is 1. The summed E-state index contributed by atoms with van der Waals surface area (Å²) in [4.78, 5) is 24.5. The first-order chi connectivity index (χ1) is 12.2. The summed E-state index contributed by atoms with van der Waals surface area (Å²) in [6.45, 7) is 5.86. The van der Waals surface area contributed by atoms with E-state index >= 15 is 0 Å². The number of hydrogen-bond donors (Lipinski definition) is 1. The van der Waals surface area contributed by atoms with Crippen LogP contribution in [-0.4, -0.2) is 37.2 Å². The Morgan fingerprint density at radius 2 is 1.85 bits per heavy atom. The topological polar surface area (TPSA) is 64.6 Å². The van der Waals surface area contributed by atoms with Crippen LogP contribution in [0.3, 0.4) is 0 Å². The number of carbonyl (C=O) groups excluding carboxylic acids is 2. The molecule has 5 nitrogen and oxygen atoms in total. The second kappa shape index (κ2) is 10.2. The molecule has 1 fully saturated rings. The lowest BCUT2D eigenvalue weighted by atomic mass is 9.83. The summed E-state index contributed by atoms with van der Waals surface area (Å²) in [6.07, 6.45) is 2.07. The van der Waals surface area contributed by atoms with E-state index in [1.807, 2.05) is 19.9 Å². The fraction of sp³-hybridized carbons (Fsp3) is 0.556. The van der Waals surface area contributed by atoms with Gasteiger partial charge in [0.25, 0.3) is 0 Å². The van der Waals surface area contributed by atoms with Crippen LogP contribution in [0, 0.1) is 16.6 Å². The Kier molecular flexibility index (Phi) is 8.86. The Morgan fingerprint density at radius 3 is 2.50 bits per heavy atom. The summed E-state index contributed by atoms with van der Waals surface area (Å²) in [5.41, 5.74) is 0.0369. The molecular weight excluding hydrogens is 675 g/mol. The second-order valence-corrected chi connectivity index (χ2v) is 10.2. The molecule has 8 heteroatoms. The molecule has 144 valence electrons. The minimum Gasteiger partial charge on any atom is -0.461 e. The number of halogens is 3. The summed E-state index contributed by atoms with van der Waals surface area (Å²) >= 11 is 6.50. The van der Waals surface area contributed by atoms with Gasteiger partial charge in [-0.2, -0.15) is 0 Å². The van der Waals surface area contributed by atoms with Gasteiger partial charge in [0, 0.05) is 16.6 Å². The van der Waals surface area contributed by atoms with Crippen LogP contribution in [0.15, 0.2) is 12.1 Å². The van der Waals surface area contributed by atoms with Crippen LogP contribution < -0.4 is 5.32 Å². The molecule has 1 heterocycles. The lowest BCUT2D eigenvalue weighted by molar-refractivity contribution is -0.163. The summed E-state index contributed by atoms with van der Waals surface area (Å²) in [6, 6.07) is 3.80. The van der Waals surface area contributed by atoms with Crippen molar-refractivity contribution in [1.29, 1.82) is 0 Å². The van der Waals surface area contributed by atoms with Crippen LogP contribution in [0.2, 0.25) is 0 Å². The highest BCUT2D eigenvalue weighted by Crippen LogP contribution is 2.29. The van der Waals surface area contributed by atoms with Gasteiger partial charge < -0.3 is 14.8 Å². The van der Waals surface area contributed by atoms with Crippen molar-refractivity contribution >= 4 is 79.7 Å². The van der Waals surface area contributed by atoms with Gasteiger partial charge in [-0.3, -0.25) is 4.79 Å². The maximum Gasteiger partial charge on any atom is 0.339 e. The van der Waals surface area contributed by atoms with E-state index in [-0.39, 0.29) is 19.0 Å². The lowest BCUT2D eigenvalue weighted by Gasteiger charge is -2.36. The summed E-state index contributed by atoms with van der Waals surface area (Å²) in [5, 5.41) is 3.32. The van der Waals surface area contributed by atoms with Gasteiger partial charge in [-0.05, 0) is 120 Å². The average Bonchev–Trinajstić information content (AvgIpc) is 2.58. The quantitative estimate of drug-likeness (QED) is 0.272. The van der Waals surface area contributed by atoms with Crippen molar-refractivity contribution in [3.63, 3.8) is 0 Å². The first kappa shape index (κ1) is 22.6. The summed E-state index contributed by atoms with van der Waals surface area (Å²) < 4.78 is 13.8. The highest BCUT2D eigenvalue weighted by molar-refractivity contribution is 14.1. The molecule has 0 amide bonds. The monoisotopic (exact) mass is 697 g/mol. The zero-order valence-corrected chi connectivity index (χ0v) is 21.2. The summed E-state index contributed by atoms with van der Waals surface area (Å²) in [7, 11) is 0. The minimum atomic E-state index is -0.496. The number of hydrogen-bond acceptors (Lipinski definition) is 5. The van der Waals surface area contributed by atoms with Crippen LogP contribution in [0.1, 0.15) is 43.5 Å². The molecule has 1 aliphatic rings. The van der Waals surface area contributed by atoms with Crippen molar-refractivity contribution in [2.24, 2.45) is 5.92 Å². The van der Waals surface area contributed by atoms with E-state index in [2.05, 4.69) is 73.1 Å². The van der Waals surface area contributed by atoms with Crippen LogP contribution in [-0.2, 0) is 14.3 Å². The molecule has 1 saturated heterocycles. The Balaban J connectivity index is 1.83. The van der Waals surface area contributed by atoms with Crippen molar-refractivity contribution in [2.75, 3.05) is 19.7 Å². The first-order valence-corrected chi connectivity index (χ1v) is 11.7. The highest BCUT2D eigenvalue weighted by Gasteiger charge is 2.34. The molecule has 1 aromatic rings. The molecule has 2 rings (SSSR count). The van der Waals surface area contributed by atoms with E-state index in [1.54, 1.807) is 6.07 Å². The highest BCUT2D eigenvalue weighted by atomic mass is 127. The van der Waals surface area contributed by atoms with Gasteiger partial charge >= 0.3 is 11.9 Å². The predicted octanol–water partition coefficient (Wildman–Crippen LogP) is 4.37. The Labute approximate surface area is 195 Å². The Hall–Kier alpha value is 0.310. The fourth-order valence-corrected chi connectivity index (χ4v) is 5.33. The van der Waals surface area contributed by atoms with Crippen LogP contribution in [0.25, 0.3) is 0 Å². The van der Waals surface area contributed by atoms with E-state index in [0.717, 1.165) is 36.6 Å². The van der Waals surface area contributed by atoms with Gasteiger partial charge in [-0.15, -0.1) is 0 Å². The third-order valence-corrected chi connectivity index (χ3v) is 8.12. The van der Waals surface area contributed by atoms with Crippen molar-refractivity contribution in [3.8, 4) is 0 Å². The van der Waals surface area contributed by atoms with Crippen LogP contribution >= 0.6 is 67.8 Å². The lowest BCUT2D eigenvalue weighted by Crippen LogP contribution is -2.42. The molecule has 0 unspecified atom stereocenters. The SMILES string of the molecule is CC(C)(OC(=O)CCOC(=O)c1cc(I)cc(I)c1I)C1CCNCC1. The van der Waals surface area contributed by atoms with Crippen LogP contribution in [0.4, 0.5) is 0 Å². The number of ether oxygens (including phenoxy) is 2. The molecule has 0 spiro atoms. The van der Waals surface area contributed by atoms with Gasteiger partial charge in [0.2, 0.25) is 0 Å². The molecule has 1 aliphatic heterocycles. The van der Waals surface area contributed by atoms with Crippen LogP contribution in [0.5, 0.6) is 0 Å². The van der Waals surface area contributed by atoms with Gasteiger partial charge in [0.15, 0.2) is 0 Å². The number of piperidine rings is 1. The molecule has 0 bridgehead atoms. The van der Waals surface area contributed by atoms with Crippen molar-refractivity contribution in [3.05, 3.63) is 28.4 Å². The van der Waals surface area contributed by atoms with Crippen molar-refractivity contribution in [2.45, 2.75) is 38.7 Å². The molecule has 0 saturated carbocycles. The molecule has 1 N–H and O–H groups in total. The molecule has 0 radical (unpaired) electrons. The molecule has 1 aromatic carbocycles. The number of benzene rings is 1. The zero-order valence-electron chi connectivity index (χ0n) is 14.7. The molecule has 0 atom stereocenters. The number of rotatable bonds is 6. The normalized spacial score (nSPS) is 15.6. The van der Waals surface area contributed by atoms with Crippen molar-refractivity contribution in [1.82, 2.24) is 5.32 Å². The first-order valence-electron chi connectivity index (χ1n) is 8.45. The third kappa shape index (κ3) is 6.43. The number of esters is 2. The predicted molar refractivity (Wildman–Crippen MR) is 125 cm³/mol. The average molecular weight is 697 g/mol.